The maximum absolute atomic E-state index is 12.1. The van der Waals surface area contributed by atoms with E-state index in [1.54, 1.807) is 49.2 Å². The van der Waals surface area contributed by atoms with Gasteiger partial charge in [-0.1, -0.05) is 23.1 Å². The van der Waals surface area contributed by atoms with Crippen molar-refractivity contribution in [3.05, 3.63) is 58.6 Å². The number of aromatic nitrogens is 2. The molecular formula is C22H22N6O4S2. The lowest BCUT2D eigenvalue weighted by Gasteiger charge is -2.08. The van der Waals surface area contributed by atoms with Crippen LogP contribution in [-0.2, 0) is 20.1 Å². The van der Waals surface area contributed by atoms with E-state index in [0.717, 1.165) is 26.2 Å². The first kappa shape index (κ1) is 24.9. The molecule has 0 atom stereocenters. The number of hydrazone groups is 1. The average Bonchev–Trinajstić information content (AvgIpc) is 3.23. The lowest BCUT2D eigenvalue weighted by Crippen LogP contribution is -2.32. The van der Waals surface area contributed by atoms with Crippen molar-refractivity contribution in [2.75, 3.05) is 17.7 Å². The summed E-state index contributed by atoms with van der Waals surface area (Å²) in [7, 11) is 1.60. The van der Waals surface area contributed by atoms with Gasteiger partial charge in [0.15, 0.2) is 4.34 Å². The summed E-state index contributed by atoms with van der Waals surface area (Å²) in [5, 5.41) is 18.0. The fraction of sp³-hybridized carbons (Fsp3) is 0.182. The van der Waals surface area contributed by atoms with Crippen molar-refractivity contribution in [3.8, 4) is 5.75 Å². The van der Waals surface area contributed by atoms with Crippen LogP contribution < -0.4 is 20.8 Å². The Morgan fingerprint density at radius 3 is 2.38 bits per heavy atom. The molecule has 2 aromatic carbocycles. The van der Waals surface area contributed by atoms with Crippen molar-refractivity contribution in [2.24, 2.45) is 5.10 Å². The quantitative estimate of drug-likeness (QED) is 0.188. The van der Waals surface area contributed by atoms with Crippen LogP contribution in [0.4, 0.5) is 11.4 Å². The maximum Gasteiger partial charge on any atom is 0.329 e. The number of amides is 3. The Kier molecular flexibility index (Phi) is 8.71. The van der Waals surface area contributed by atoms with Crippen LogP contribution in [0.5, 0.6) is 5.75 Å². The molecule has 3 aromatic rings. The van der Waals surface area contributed by atoms with E-state index in [2.05, 4.69) is 31.4 Å². The number of thioether (sulfide) groups is 1. The van der Waals surface area contributed by atoms with Crippen LogP contribution in [0.1, 0.15) is 23.1 Å². The molecule has 0 unspecified atom stereocenters. The minimum absolute atomic E-state index is 0.205. The predicted molar refractivity (Wildman–Crippen MR) is 132 cm³/mol. The molecule has 176 valence electrons. The largest absolute Gasteiger partial charge is 0.496 e. The van der Waals surface area contributed by atoms with Gasteiger partial charge in [-0.25, -0.2) is 5.43 Å². The number of hydrogen-bond donors (Lipinski definition) is 3. The number of rotatable bonds is 8. The highest BCUT2D eigenvalue weighted by atomic mass is 32.2. The van der Waals surface area contributed by atoms with Crippen molar-refractivity contribution in [1.82, 2.24) is 15.6 Å². The van der Waals surface area contributed by atoms with Gasteiger partial charge in [0.1, 0.15) is 10.8 Å². The van der Waals surface area contributed by atoms with Crippen molar-refractivity contribution in [2.45, 2.75) is 23.9 Å². The molecule has 0 aliphatic rings. The summed E-state index contributed by atoms with van der Waals surface area (Å²) >= 11 is 3.07. The number of methoxy groups -OCH3 is 1. The molecule has 0 radical (unpaired) electrons. The molecule has 12 heteroatoms. The lowest BCUT2D eigenvalue weighted by atomic mass is 10.1. The van der Waals surface area contributed by atoms with Crippen LogP contribution >= 0.6 is 23.1 Å². The molecule has 0 bridgehead atoms. The summed E-state index contributed by atoms with van der Waals surface area (Å²) in [4.78, 5) is 35.2. The van der Waals surface area contributed by atoms with Crippen molar-refractivity contribution in [1.29, 1.82) is 0 Å². The van der Waals surface area contributed by atoms with Gasteiger partial charge >= 0.3 is 11.8 Å². The van der Waals surface area contributed by atoms with Gasteiger partial charge < -0.3 is 15.4 Å². The summed E-state index contributed by atoms with van der Waals surface area (Å²) in [6, 6.07) is 11.8. The normalized spacial score (nSPS) is 10.7. The molecule has 1 heterocycles. The predicted octanol–water partition coefficient (Wildman–Crippen LogP) is 3.19. The second-order valence-corrected chi connectivity index (χ2v) is 9.26. The Balaban J connectivity index is 1.55. The number of hydrogen-bond acceptors (Lipinski definition) is 9. The molecule has 3 rings (SSSR count). The number of nitrogens with one attached hydrogen (secondary N) is 3. The minimum Gasteiger partial charge on any atom is -0.496 e. The highest BCUT2D eigenvalue weighted by Crippen LogP contribution is 2.30. The Bertz CT molecular complexity index is 1210. The smallest absolute Gasteiger partial charge is 0.329 e. The van der Waals surface area contributed by atoms with Crippen molar-refractivity contribution < 1.29 is 19.1 Å². The number of ether oxygens (including phenoxy) is 1. The fourth-order valence-corrected chi connectivity index (χ4v) is 4.51. The third-order valence-electron chi connectivity index (χ3n) is 4.21. The summed E-state index contributed by atoms with van der Waals surface area (Å²) in [6.45, 7) is 3.30. The summed E-state index contributed by atoms with van der Waals surface area (Å²) in [5.41, 5.74) is 4.84. The van der Waals surface area contributed by atoms with E-state index in [-0.39, 0.29) is 5.91 Å². The van der Waals surface area contributed by atoms with Crippen molar-refractivity contribution in [3.63, 3.8) is 0 Å². The number of carbonyl (C=O) groups excluding carboxylic acids is 3. The van der Waals surface area contributed by atoms with Crippen LogP contribution in [0, 0.1) is 6.92 Å². The van der Waals surface area contributed by atoms with Gasteiger partial charge in [0.2, 0.25) is 5.91 Å². The van der Waals surface area contributed by atoms with Gasteiger partial charge in [0.05, 0.1) is 13.3 Å². The Hall–Kier alpha value is -3.77. The number of aryl methyl sites for hydroxylation is 1. The van der Waals surface area contributed by atoms with E-state index in [4.69, 9.17) is 4.74 Å². The summed E-state index contributed by atoms with van der Waals surface area (Å²) in [5.74, 6) is -0.654. The molecule has 0 spiro atoms. The Morgan fingerprint density at radius 1 is 1.06 bits per heavy atom. The van der Waals surface area contributed by atoms with Gasteiger partial charge in [-0.3, -0.25) is 14.4 Å². The average molecular weight is 499 g/mol. The van der Waals surface area contributed by atoms with E-state index >= 15 is 0 Å². The molecule has 0 saturated heterocycles. The molecule has 3 N–H and O–H groups in total. The fourth-order valence-electron chi connectivity index (χ4n) is 2.71. The first-order chi connectivity index (χ1) is 16.3. The molecular weight excluding hydrogens is 476 g/mol. The summed E-state index contributed by atoms with van der Waals surface area (Å²) < 4.78 is 6.28. The van der Waals surface area contributed by atoms with Gasteiger partial charge in [0.25, 0.3) is 0 Å². The molecule has 0 aliphatic carbocycles. The molecule has 0 aliphatic heterocycles. The van der Waals surface area contributed by atoms with Gasteiger partial charge in [0, 0.05) is 29.6 Å². The van der Waals surface area contributed by atoms with Crippen molar-refractivity contribution >= 4 is 58.4 Å². The SMILES string of the molecule is COc1ccc(/C=N/NC(=O)C(=O)Nc2ccc(NC(C)=O)cc2)cc1CSc1nnc(C)s1. The second-order valence-electron chi connectivity index (χ2n) is 6.86. The number of benzene rings is 2. The highest BCUT2D eigenvalue weighted by molar-refractivity contribution is 8.00. The summed E-state index contributed by atoms with van der Waals surface area (Å²) in [6.07, 6.45) is 1.44. The van der Waals surface area contributed by atoms with Crippen LogP contribution in [0.3, 0.4) is 0 Å². The van der Waals surface area contributed by atoms with Gasteiger partial charge in [-0.2, -0.15) is 5.10 Å². The first-order valence-electron chi connectivity index (χ1n) is 9.96. The van der Waals surface area contributed by atoms with E-state index in [0.29, 0.717) is 17.1 Å². The molecule has 1 aromatic heterocycles. The molecule has 3 amide bonds. The topological polar surface area (TPSA) is 135 Å². The van der Waals surface area contributed by atoms with Gasteiger partial charge in [-0.15, -0.1) is 10.2 Å². The van der Waals surface area contributed by atoms with Crippen LogP contribution in [0.25, 0.3) is 0 Å². The number of carbonyl (C=O) groups is 3. The molecule has 0 fully saturated rings. The third-order valence-corrected chi connectivity index (χ3v) is 6.23. The monoisotopic (exact) mass is 498 g/mol. The standard InChI is InChI=1S/C22H22N6O4S2/c1-13(29)24-17-5-7-18(8-6-17)25-20(30)21(31)27-23-11-15-4-9-19(32-3)16(10-15)12-33-22-28-26-14(2)34-22/h4-11H,12H2,1-3H3,(H,24,29)(H,25,30)(H,27,31)/b23-11+. The van der Waals surface area contributed by atoms with E-state index in [1.165, 1.54) is 24.5 Å². The molecule has 10 nitrogen and oxygen atoms in total. The van der Waals surface area contributed by atoms with Crippen LogP contribution in [0.2, 0.25) is 0 Å². The van der Waals surface area contributed by atoms with Gasteiger partial charge in [-0.05, 0) is 55.0 Å². The molecule has 34 heavy (non-hydrogen) atoms. The zero-order chi connectivity index (χ0) is 24.5. The van der Waals surface area contributed by atoms with Crippen LogP contribution in [-0.4, -0.2) is 41.2 Å². The van der Waals surface area contributed by atoms with E-state index in [1.807, 2.05) is 19.1 Å². The van der Waals surface area contributed by atoms with E-state index in [9.17, 15) is 14.4 Å². The number of anilines is 2. The Morgan fingerprint density at radius 2 is 1.76 bits per heavy atom. The number of nitrogens with zero attached hydrogens (tertiary/aromatic N) is 3. The Labute approximate surface area is 204 Å². The lowest BCUT2D eigenvalue weighted by molar-refractivity contribution is -0.136. The second kappa shape index (κ2) is 11.9. The molecule has 0 saturated carbocycles. The third kappa shape index (κ3) is 7.39. The zero-order valence-corrected chi connectivity index (χ0v) is 20.3. The first-order valence-corrected chi connectivity index (χ1v) is 11.8. The highest BCUT2D eigenvalue weighted by Gasteiger charge is 2.13. The van der Waals surface area contributed by atoms with Crippen LogP contribution in [0.15, 0.2) is 51.9 Å². The minimum atomic E-state index is -0.918. The zero-order valence-electron chi connectivity index (χ0n) is 18.6. The van der Waals surface area contributed by atoms with E-state index < -0.39 is 11.8 Å². The maximum atomic E-state index is 12.1.